The first-order valence-corrected chi connectivity index (χ1v) is 12.1. The molecule has 1 aliphatic rings. The lowest BCUT2D eigenvalue weighted by molar-refractivity contribution is 0.248. The molecule has 0 saturated heterocycles. The van der Waals surface area contributed by atoms with Crippen LogP contribution in [0.25, 0.3) is 5.57 Å². The summed E-state index contributed by atoms with van der Waals surface area (Å²) in [4.78, 5) is 4.48. The van der Waals surface area contributed by atoms with Gasteiger partial charge in [-0.1, -0.05) is 63.3 Å². The Morgan fingerprint density at radius 1 is 1.14 bits per heavy atom. The molecule has 2 aromatic rings. The molecule has 1 aliphatic heterocycles. The predicted octanol–water partition coefficient (Wildman–Crippen LogP) is 7.45. The first kappa shape index (κ1) is 26.8. The average molecular weight is 490 g/mol. The van der Waals surface area contributed by atoms with Gasteiger partial charge in [-0.05, 0) is 54.7 Å². The quantitative estimate of drug-likeness (QED) is 0.142. The molecule has 0 aromatic heterocycles. The van der Waals surface area contributed by atoms with Crippen molar-refractivity contribution in [2.45, 2.75) is 39.5 Å². The molecule has 0 atom stereocenters. The SMILES string of the molecule is C=C1C=NN(C/C(=C/C(=C)c2ccc(CCCCC)cc2)OC)C=C1N=C(C)c1cccc(F)c1F. The Bertz CT molecular complexity index is 1220. The van der Waals surface area contributed by atoms with Crippen LogP contribution in [0.2, 0.25) is 0 Å². The Hall–Kier alpha value is -3.80. The Labute approximate surface area is 212 Å². The zero-order valence-corrected chi connectivity index (χ0v) is 21.2. The van der Waals surface area contributed by atoms with Gasteiger partial charge >= 0.3 is 0 Å². The van der Waals surface area contributed by atoms with Crippen molar-refractivity contribution in [3.8, 4) is 0 Å². The van der Waals surface area contributed by atoms with E-state index in [4.69, 9.17) is 4.74 Å². The molecule has 0 bridgehead atoms. The minimum Gasteiger partial charge on any atom is -0.499 e. The van der Waals surface area contributed by atoms with E-state index in [1.807, 2.05) is 6.08 Å². The third-order valence-corrected chi connectivity index (χ3v) is 5.90. The second kappa shape index (κ2) is 12.8. The Morgan fingerprint density at radius 3 is 2.58 bits per heavy atom. The fourth-order valence-corrected chi connectivity index (χ4v) is 3.75. The van der Waals surface area contributed by atoms with E-state index in [-0.39, 0.29) is 5.56 Å². The van der Waals surface area contributed by atoms with Crippen molar-refractivity contribution < 1.29 is 13.5 Å². The third-order valence-electron chi connectivity index (χ3n) is 5.90. The highest BCUT2D eigenvalue weighted by Crippen LogP contribution is 2.22. The molecule has 188 valence electrons. The zero-order valence-electron chi connectivity index (χ0n) is 21.2. The van der Waals surface area contributed by atoms with Gasteiger partial charge in [-0.2, -0.15) is 5.10 Å². The van der Waals surface area contributed by atoms with Crippen LogP contribution in [-0.4, -0.2) is 30.6 Å². The molecule has 0 fully saturated rings. The molecular weight excluding hydrogens is 456 g/mol. The summed E-state index contributed by atoms with van der Waals surface area (Å²) in [7, 11) is 1.60. The molecule has 0 unspecified atom stereocenters. The third kappa shape index (κ3) is 7.11. The average Bonchev–Trinajstić information content (AvgIpc) is 2.87. The van der Waals surface area contributed by atoms with E-state index in [2.05, 4.69) is 54.4 Å². The first-order chi connectivity index (χ1) is 17.3. The van der Waals surface area contributed by atoms with Crippen molar-refractivity contribution in [3.05, 3.63) is 113 Å². The Morgan fingerprint density at radius 2 is 1.89 bits per heavy atom. The van der Waals surface area contributed by atoms with Crippen molar-refractivity contribution in [2.75, 3.05) is 13.7 Å². The van der Waals surface area contributed by atoms with Crippen LogP contribution in [0, 0.1) is 11.6 Å². The van der Waals surface area contributed by atoms with Crippen LogP contribution in [0.15, 0.2) is 95.0 Å². The highest BCUT2D eigenvalue weighted by atomic mass is 19.2. The summed E-state index contributed by atoms with van der Waals surface area (Å²) in [5.74, 6) is -1.18. The monoisotopic (exact) mass is 489 g/mol. The van der Waals surface area contributed by atoms with Crippen LogP contribution in [0.5, 0.6) is 0 Å². The zero-order chi connectivity index (χ0) is 26.1. The molecule has 0 saturated carbocycles. The molecule has 0 spiro atoms. The van der Waals surface area contributed by atoms with Gasteiger partial charge in [0.25, 0.3) is 0 Å². The number of hydrogen-bond acceptors (Lipinski definition) is 4. The van der Waals surface area contributed by atoms with Gasteiger partial charge in [-0.15, -0.1) is 0 Å². The van der Waals surface area contributed by atoms with Crippen LogP contribution in [0.3, 0.4) is 0 Å². The van der Waals surface area contributed by atoms with Gasteiger partial charge in [0.1, 0.15) is 5.76 Å². The largest absolute Gasteiger partial charge is 0.499 e. The number of aliphatic imine (C=N–C) groups is 1. The van der Waals surface area contributed by atoms with E-state index < -0.39 is 11.6 Å². The smallest absolute Gasteiger partial charge is 0.167 e. The molecule has 6 heteroatoms. The van der Waals surface area contributed by atoms with Gasteiger partial charge in [0, 0.05) is 16.8 Å². The number of unbranched alkanes of at least 4 members (excludes halogenated alkanes) is 2. The van der Waals surface area contributed by atoms with Gasteiger partial charge in [-0.3, -0.25) is 10.0 Å². The standard InChI is InChI=1S/C30H33F2N3O/c1-6-7-8-10-24-13-15-25(16-14-24)21(2)17-26(36-5)19-35-20-29(22(3)18-33-35)34-23(4)27-11-9-12-28(31)30(27)32/h9,11-18,20H,2-3,6-8,10,19H2,1,4-5H3/b26-17-,34-23?. The molecule has 0 amide bonds. The van der Waals surface area contributed by atoms with Gasteiger partial charge in [0.2, 0.25) is 0 Å². The highest BCUT2D eigenvalue weighted by molar-refractivity contribution is 6.00. The van der Waals surface area contributed by atoms with Gasteiger partial charge in [0.15, 0.2) is 11.6 Å². The number of hydrogen-bond donors (Lipinski definition) is 0. The van der Waals surface area contributed by atoms with Crippen LogP contribution in [0.1, 0.15) is 49.8 Å². The fraction of sp³-hybridized carbons (Fsp3) is 0.267. The topological polar surface area (TPSA) is 37.2 Å². The number of hydrazone groups is 1. The number of methoxy groups -OCH3 is 1. The van der Waals surface area contributed by atoms with Crippen LogP contribution >= 0.6 is 0 Å². The molecule has 0 N–H and O–H groups in total. The maximum absolute atomic E-state index is 14.2. The van der Waals surface area contributed by atoms with E-state index >= 15 is 0 Å². The summed E-state index contributed by atoms with van der Waals surface area (Å²) in [5, 5.41) is 6.02. The number of halogens is 2. The minimum atomic E-state index is -0.927. The second-order valence-electron chi connectivity index (χ2n) is 8.67. The summed E-state index contributed by atoms with van der Waals surface area (Å²) in [6, 6.07) is 12.5. The number of nitrogens with zero attached hydrogens (tertiary/aromatic N) is 3. The molecule has 0 aliphatic carbocycles. The minimum absolute atomic E-state index is 0.0999. The van der Waals surface area contributed by atoms with E-state index in [0.717, 1.165) is 23.6 Å². The molecule has 3 rings (SSSR count). The van der Waals surface area contributed by atoms with Gasteiger partial charge in [-0.25, -0.2) is 8.78 Å². The Balaban J connectivity index is 1.73. The summed E-state index contributed by atoms with van der Waals surface area (Å²) in [6.07, 6.45) is 9.89. The molecule has 0 radical (unpaired) electrons. The number of aryl methyl sites for hydroxylation is 1. The number of benzene rings is 2. The molecular formula is C30H33F2N3O. The van der Waals surface area contributed by atoms with Crippen molar-refractivity contribution in [3.63, 3.8) is 0 Å². The van der Waals surface area contributed by atoms with E-state index in [1.165, 1.54) is 37.0 Å². The van der Waals surface area contributed by atoms with Crippen molar-refractivity contribution >= 4 is 17.5 Å². The van der Waals surface area contributed by atoms with Crippen molar-refractivity contribution in [1.29, 1.82) is 0 Å². The maximum atomic E-state index is 14.2. The normalized spacial score (nSPS) is 14.2. The Kier molecular flexibility index (Phi) is 9.51. The summed E-state index contributed by atoms with van der Waals surface area (Å²) < 4.78 is 33.4. The van der Waals surface area contributed by atoms with Crippen molar-refractivity contribution in [2.24, 2.45) is 10.1 Å². The lowest BCUT2D eigenvalue weighted by atomic mass is 10.0. The molecule has 4 nitrogen and oxygen atoms in total. The molecule has 2 aromatic carbocycles. The van der Waals surface area contributed by atoms with E-state index in [0.29, 0.717) is 29.3 Å². The van der Waals surface area contributed by atoms with Gasteiger partial charge < -0.3 is 4.74 Å². The lowest BCUT2D eigenvalue weighted by Gasteiger charge is -2.21. The molecule has 1 heterocycles. The van der Waals surface area contributed by atoms with Crippen LogP contribution < -0.4 is 0 Å². The fourth-order valence-electron chi connectivity index (χ4n) is 3.75. The van der Waals surface area contributed by atoms with Crippen LogP contribution in [-0.2, 0) is 11.2 Å². The van der Waals surface area contributed by atoms with Crippen LogP contribution in [0.4, 0.5) is 8.78 Å². The number of allylic oxidation sites excluding steroid dienone is 3. The van der Waals surface area contributed by atoms with E-state index in [9.17, 15) is 8.78 Å². The molecule has 36 heavy (non-hydrogen) atoms. The predicted molar refractivity (Wildman–Crippen MR) is 145 cm³/mol. The number of rotatable bonds is 11. The van der Waals surface area contributed by atoms with E-state index in [1.54, 1.807) is 31.5 Å². The number of ether oxygens (including phenoxy) is 1. The van der Waals surface area contributed by atoms with Crippen molar-refractivity contribution in [1.82, 2.24) is 5.01 Å². The highest BCUT2D eigenvalue weighted by Gasteiger charge is 2.15. The summed E-state index contributed by atoms with van der Waals surface area (Å²) >= 11 is 0. The maximum Gasteiger partial charge on any atom is 0.167 e. The first-order valence-electron chi connectivity index (χ1n) is 12.1. The van der Waals surface area contributed by atoms with Gasteiger partial charge in [0.05, 0.1) is 31.8 Å². The second-order valence-corrected chi connectivity index (χ2v) is 8.67. The summed E-state index contributed by atoms with van der Waals surface area (Å²) in [6.45, 7) is 12.3. The summed E-state index contributed by atoms with van der Waals surface area (Å²) in [5.41, 5.74) is 4.68. The lowest BCUT2D eigenvalue weighted by Crippen LogP contribution is -2.19.